The summed E-state index contributed by atoms with van der Waals surface area (Å²) in [6, 6.07) is 0. The van der Waals surface area contributed by atoms with E-state index in [1.54, 1.807) is 0 Å². The maximum atomic E-state index is 8.86. The normalized spacial score (nSPS) is 29.6. The van der Waals surface area contributed by atoms with Crippen molar-refractivity contribution in [2.24, 2.45) is 10.7 Å². The molecule has 0 aromatic rings. The monoisotopic (exact) mass is 114 g/mol. The first-order valence-corrected chi connectivity index (χ1v) is 2.76. The third-order valence-corrected chi connectivity index (χ3v) is 1.24. The Bertz CT molecular complexity index is 111. The van der Waals surface area contributed by atoms with Crippen LogP contribution in [0.2, 0.25) is 0 Å². The van der Waals surface area contributed by atoms with Crippen LogP contribution in [-0.2, 0) is 0 Å². The number of nitrogens with zero attached hydrogens (tertiary/aromatic N) is 1. The van der Waals surface area contributed by atoms with E-state index in [4.69, 9.17) is 10.8 Å². The number of hydrogen-bond acceptors (Lipinski definition) is 3. The molecule has 1 aliphatic heterocycles. The van der Waals surface area contributed by atoms with Crippen LogP contribution in [0.4, 0.5) is 0 Å². The van der Waals surface area contributed by atoms with Gasteiger partial charge in [-0.3, -0.25) is 4.99 Å². The fourth-order valence-electron chi connectivity index (χ4n) is 0.707. The molecule has 0 saturated heterocycles. The van der Waals surface area contributed by atoms with Crippen molar-refractivity contribution in [3.05, 3.63) is 0 Å². The van der Waals surface area contributed by atoms with E-state index in [0.717, 1.165) is 12.8 Å². The van der Waals surface area contributed by atoms with Gasteiger partial charge in [0.1, 0.15) is 0 Å². The summed E-state index contributed by atoms with van der Waals surface area (Å²) in [5.41, 5.74) is 5.34. The Morgan fingerprint density at radius 2 is 2.50 bits per heavy atom. The van der Waals surface area contributed by atoms with Crippen LogP contribution < -0.4 is 5.73 Å². The van der Waals surface area contributed by atoms with Crippen molar-refractivity contribution in [1.29, 1.82) is 0 Å². The van der Waals surface area contributed by atoms with Gasteiger partial charge in [0.2, 0.25) is 0 Å². The summed E-state index contributed by atoms with van der Waals surface area (Å²) in [5, 5.41) is 8.86. The molecule has 1 rings (SSSR count). The molecule has 0 bridgehead atoms. The summed E-state index contributed by atoms with van der Waals surface area (Å²) in [4.78, 5) is 3.86. The number of hydrogen-bond donors (Lipinski definition) is 2. The van der Waals surface area contributed by atoms with Crippen LogP contribution in [0, 0.1) is 0 Å². The molecule has 1 aliphatic rings. The highest BCUT2D eigenvalue weighted by Gasteiger charge is 2.08. The second-order valence-electron chi connectivity index (χ2n) is 2.02. The van der Waals surface area contributed by atoms with Crippen molar-refractivity contribution >= 4 is 5.84 Å². The summed E-state index contributed by atoms with van der Waals surface area (Å²) in [7, 11) is 0. The zero-order valence-corrected chi connectivity index (χ0v) is 4.67. The molecule has 1 unspecified atom stereocenters. The topological polar surface area (TPSA) is 58.6 Å². The number of nitrogens with two attached hydrogens (primary N) is 1. The van der Waals surface area contributed by atoms with E-state index in [-0.39, 0.29) is 6.10 Å². The molecule has 0 aromatic carbocycles. The van der Waals surface area contributed by atoms with Crippen molar-refractivity contribution in [1.82, 2.24) is 0 Å². The number of aliphatic hydroxyl groups excluding tert-OH is 1. The number of amidine groups is 1. The summed E-state index contributed by atoms with van der Waals surface area (Å²) in [6.45, 7) is 0.492. The van der Waals surface area contributed by atoms with E-state index in [9.17, 15) is 0 Å². The van der Waals surface area contributed by atoms with Gasteiger partial charge in [0, 0.05) is 6.42 Å². The smallest absolute Gasteiger partial charge is 0.0939 e. The average molecular weight is 114 g/mol. The highest BCUT2D eigenvalue weighted by atomic mass is 16.3. The number of rotatable bonds is 0. The second-order valence-corrected chi connectivity index (χ2v) is 2.02. The molecule has 0 fully saturated rings. The third-order valence-electron chi connectivity index (χ3n) is 1.24. The van der Waals surface area contributed by atoms with E-state index in [0.29, 0.717) is 12.4 Å². The van der Waals surface area contributed by atoms with Gasteiger partial charge < -0.3 is 10.8 Å². The largest absolute Gasteiger partial charge is 0.391 e. The van der Waals surface area contributed by atoms with Crippen LogP contribution in [0.5, 0.6) is 0 Å². The number of aliphatic imine (C=N–C) groups is 1. The van der Waals surface area contributed by atoms with Gasteiger partial charge >= 0.3 is 0 Å². The zero-order chi connectivity index (χ0) is 5.98. The molecule has 0 saturated carbocycles. The van der Waals surface area contributed by atoms with Crippen LogP contribution in [0.25, 0.3) is 0 Å². The lowest BCUT2D eigenvalue weighted by Gasteiger charge is -2.12. The highest BCUT2D eigenvalue weighted by Crippen LogP contribution is 2.02. The first-order chi connectivity index (χ1) is 3.79. The highest BCUT2D eigenvalue weighted by molar-refractivity contribution is 5.80. The minimum atomic E-state index is -0.248. The Kier molecular flexibility index (Phi) is 1.48. The minimum absolute atomic E-state index is 0.248. The Morgan fingerprint density at radius 3 is 2.88 bits per heavy atom. The van der Waals surface area contributed by atoms with E-state index in [2.05, 4.69) is 4.99 Å². The van der Waals surface area contributed by atoms with Crippen LogP contribution in [-0.4, -0.2) is 23.6 Å². The van der Waals surface area contributed by atoms with Gasteiger partial charge in [-0.05, 0) is 6.42 Å². The molecule has 3 N–H and O–H groups in total. The maximum absolute atomic E-state index is 8.86. The van der Waals surface area contributed by atoms with E-state index < -0.39 is 0 Å². The summed E-state index contributed by atoms with van der Waals surface area (Å²) in [6.07, 6.45) is 1.28. The zero-order valence-electron chi connectivity index (χ0n) is 4.67. The molecule has 0 aromatic heterocycles. The van der Waals surface area contributed by atoms with Crippen molar-refractivity contribution in [3.63, 3.8) is 0 Å². The Balaban J connectivity index is 2.42. The molecule has 0 radical (unpaired) electrons. The summed E-state index contributed by atoms with van der Waals surface area (Å²) >= 11 is 0. The molecule has 1 atom stereocenters. The van der Waals surface area contributed by atoms with Crippen LogP contribution >= 0.6 is 0 Å². The Morgan fingerprint density at radius 1 is 1.75 bits per heavy atom. The molecule has 46 valence electrons. The molecule has 3 heteroatoms. The van der Waals surface area contributed by atoms with Gasteiger partial charge in [0.15, 0.2) is 0 Å². The van der Waals surface area contributed by atoms with Crippen molar-refractivity contribution < 1.29 is 5.11 Å². The van der Waals surface area contributed by atoms with Crippen molar-refractivity contribution in [3.8, 4) is 0 Å². The lowest BCUT2D eigenvalue weighted by atomic mass is 10.1. The molecule has 0 aliphatic carbocycles. The van der Waals surface area contributed by atoms with Crippen LogP contribution in [0.15, 0.2) is 4.99 Å². The van der Waals surface area contributed by atoms with Gasteiger partial charge in [-0.1, -0.05) is 0 Å². The summed E-state index contributed by atoms with van der Waals surface area (Å²) in [5.74, 6) is 0.676. The van der Waals surface area contributed by atoms with Gasteiger partial charge in [-0.25, -0.2) is 0 Å². The van der Waals surface area contributed by atoms with Crippen LogP contribution in [0.1, 0.15) is 12.8 Å². The second kappa shape index (κ2) is 2.13. The Labute approximate surface area is 48.2 Å². The maximum Gasteiger partial charge on any atom is 0.0939 e. The fourth-order valence-corrected chi connectivity index (χ4v) is 0.707. The lowest BCUT2D eigenvalue weighted by Crippen LogP contribution is -2.24. The lowest BCUT2D eigenvalue weighted by molar-refractivity contribution is 0.171. The average Bonchev–Trinajstić information content (AvgIpc) is 1.77. The first kappa shape index (κ1) is 5.56. The minimum Gasteiger partial charge on any atom is -0.391 e. The SMILES string of the molecule is NC1=NCC(O)CC1. The molecule has 0 spiro atoms. The van der Waals surface area contributed by atoms with E-state index >= 15 is 0 Å². The molecule has 3 nitrogen and oxygen atoms in total. The van der Waals surface area contributed by atoms with E-state index in [1.807, 2.05) is 0 Å². The van der Waals surface area contributed by atoms with E-state index in [1.165, 1.54) is 0 Å². The standard InChI is InChI=1S/C5H10N2O/c6-5-2-1-4(8)3-7-5/h4,8H,1-3H2,(H2,6,7). The third kappa shape index (κ3) is 1.20. The fraction of sp³-hybridized carbons (Fsp3) is 0.800. The molecule has 8 heavy (non-hydrogen) atoms. The van der Waals surface area contributed by atoms with Crippen molar-refractivity contribution in [2.75, 3.05) is 6.54 Å². The van der Waals surface area contributed by atoms with Gasteiger partial charge in [0.25, 0.3) is 0 Å². The van der Waals surface area contributed by atoms with Gasteiger partial charge in [-0.15, -0.1) is 0 Å². The predicted octanol–water partition coefficient (Wildman–Crippen LogP) is -0.502. The van der Waals surface area contributed by atoms with Gasteiger partial charge in [0.05, 0.1) is 18.5 Å². The predicted molar refractivity (Wildman–Crippen MR) is 31.7 cm³/mol. The Hall–Kier alpha value is -0.570. The molecule has 0 amide bonds. The molecule has 1 heterocycles. The number of aliphatic hydroxyl groups is 1. The van der Waals surface area contributed by atoms with Crippen molar-refractivity contribution in [2.45, 2.75) is 18.9 Å². The van der Waals surface area contributed by atoms with Gasteiger partial charge in [-0.2, -0.15) is 0 Å². The molecular formula is C5H10N2O. The summed E-state index contributed by atoms with van der Waals surface area (Å²) < 4.78 is 0. The van der Waals surface area contributed by atoms with Crippen LogP contribution in [0.3, 0.4) is 0 Å². The quantitative estimate of drug-likeness (QED) is 0.446. The first-order valence-electron chi connectivity index (χ1n) is 2.76. The molecular weight excluding hydrogens is 104 g/mol.